The molecule has 0 unspecified atom stereocenters. The molecule has 88 valence electrons. The first kappa shape index (κ1) is 11.3. The number of nitrogens with zero attached hydrogens (tertiary/aromatic N) is 1. The molecule has 1 aromatic heterocycles. The van der Waals surface area contributed by atoms with E-state index < -0.39 is 0 Å². The van der Waals surface area contributed by atoms with E-state index in [4.69, 9.17) is 0 Å². The molecule has 0 aliphatic rings. The van der Waals surface area contributed by atoms with Gasteiger partial charge in [-0.2, -0.15) is 4.98 Å². The van der Waals surface area contributed by atoms with Crippen molar-refractivity contribution in [1.29, 1.82) is 0 Å². The van der Waals surface area contributed by atoms with Gasteiger partial charge in [-0.3, -0.25) is 4.79 Å². The molecular weight excluding hydrogens is 223 g/mol. The summed E-state index contributed by atoms with van der Waals surface area (Å²) in [4.78, 5) is 17.8. The van der Waals surface area contributed by atoms with Crippen LogP contribution in [0.4, 0.5) is 4.39 Å². The molecule has 0 aliphatic carbocycles. The number of H-pyrrole nitrogens is 1. The zero-order valence-corrected chi connectivity index (χ0v) is 9.20. The third kappa shape index (κ3) is 2.50. The highest BCUT2D eigenvalue weighted by molar-refractivity contribution is 5.24. The van der Waals surface area contributed by atoms with E-state index >= 15 is 0 Å². The number of rotatable bonds is 2. The topological polar surface area (TPSA) is 66.0 Å². The summed E-state index contributed by atoms with van der Waals surface area (Å²) in [6, 6.07) is 5.88. The average molecular weight is 234 g/mol. The molecule has 4 nitrogen and oxygen atoms in total. The van der Waals surface area contributed by atoms with Crippen LogP contribution < -0.4 is 5.56 Å². The predicted molar refractivity (Wildman–Crippen MR) is 60.5 cm³/mol. The van der Waals surface area contributed by atoms with Gasteiger partial charge >= 0.3 is 0 Å². The van der Waals surface area contributed by atoms with Gasteiger partial charge in [0.1, 0.15) is 11.6 Å². The number of aromatic hydroxyl groups is 1. The molecule has 2 aromatic rings. The van der Waals surface area contributed by atoms with Gasteiger partial charge in [-0.1, -0.05) is 12.1 Å². The molecule has 0 atom stereocenters. The van der Waals surface area contributed by atoms with Crippen molar-refractivity contribution in [3.63, 3.8) is 0 Å². The van der Waals surface area contributed by atoms with E-state index in [1.807, 2.05) is 0 Å². The fourth-order valence-corrected chi connectivity index (χ4v) is 1.45. The summed E-state index contributed by atoms with van der Waals surface area (Å²) < 4.78 is 12.7. The quantitative estimate of drug-likeness (QED) is 0.827. The van der Waals surface area contributed by atoms with Crippen LogP contribution in [0.15, 0.2) is 29.1 Å². The van der Waals surface area contributed by atoms with Crippen LogP contribution in [0.3, 0.4) is 0 Å². The molecule has 0 spiro atoms. The zero-order chi connectivity index (χ0) is 12.4. The van der Waals surface area contributed by atoms with Gasteiger partial charge in [0.05, 0.1) is 5.56 Å². The number of nitrogens with one attached hydrogen (secondary N) is 1. The average Bonchev–Trinajstić information content (AvgIpc) is 2.29. The van der Waals surface area contributed by atoms with Crippen LogP contribution in [0.1, 0.15) is 17.0 Å². The zero-order valence-electron chi connectivity index (χ0n) is 9.20. The maximum Gasteiger partial charge on any atom is 0.257 e. The summed E-state index contributed by atoms with van der Waals surface area (Å²) in [5.74, 6) is -0.238. The number of hydrogen-bond donors (Lipinski definition) is 2. The van der Waals surface area contributed by atoms with Gasteiger partial charge in [0.15, 0.2) is 0 Å². The molecule has 0 amide bonds. The Bertz CT molecular complexity index is 590. The summed E-state index contributed by atoms with van der Waals surface area (Å²) in [7, 11) is 0. The molecule has 17 heavy (non-hydrogen) atoms. The van der Waals surface area contributed by atoms with Crippen molar-refractivity contribution in [3.05, 3.63) is 57.4 Å². The number of hydrogen-bond acceptors (Lipinski definition) is 3. The Hall–Kier alpha value is -2.17. The SMILES string of the molecule is Cc1c(O)nc(Cc2ccc(F)cc2)[nH]c1=O. The Morgan fingerprint density at radius 2 is 2.00 bits per heavy atom. The van der Waals surface area contributed by atoms with Gasteiger partial charge in [-0.25, -0.2) is 4.39 Å². The molecule has 1 aromatic carbocycles. The second-order valence-electron chi connectivity index (χ2n) is 3.76. The van der Waals surface area contributed by atoms with Crippen molar-refractivity contribution in [1.82, 2.24) is 9.97 Å². The van der Waals surface area contributed by atoms with E-state index in [1.165, 1.54) is 19.1 Å². The second-order valence-corrected chi connectivity index (χ2v) is 3.76. The largest absolute Gasteiger partial charge is 0.493 e. The molecule has 0 saturated carbocycles. The van der Waals surface area contributed by atoms with Crippen LogP contribution in [0.25, 0.3) is 0 Å². The smallest absolute Gasteiger partial charge is 0.257 e. The molecule has 5 heteroatoms. The van der Waals surface area contributed by atoms with Crippen molar-refractivity contribution in [2.45, 2.75) is 13.3 Å². The predicted octanol–water partition coefficient (Wildman–Crippen LogP) is 1.51. The number of halogens is 1. The van der Waals surface area contributed by atoms with E-state index in [1.54, 1.807) is 12.1 Å². The molecule has 0 radical (unpaired) electrons. The minimum atomic E-state index is -0.366. The summed E-state index contributed by atoms with van der Waals surface area (Å²) in [5, 5.41) is 9.41. The monoisotopic (exact) mass is 234 g/mol. The third-order valence-corrected chi connectivity index (χ3v) is 2.46. The van der Waals surface area contributed by atoms with Crippen molar-refractivity contribution in [3.8, 4) is 5.88 Å². The summed E-state index contributed by atoms with van der Waals surface area (Å²) in [6.07, 6.45) is 0.337. The fourth-order valence-electron chi connectivity index (χ4n) is 1.45. The lowest BCUT2D eigenvalue weighted by Gasteiger charge is -2.03. The minimum Gasteiger partial charge on any atom is -0.493 e. The standard InChI is InChI=1S/C12H11FN2O2/c1-7-11(16)14-10(15-12(7)17)6-8-2-4-9(13)5-3-8/h2-5H,6H2,1H3,(H2,14,15,16,17). The fraction of sp³-hybridized carbons (Fsp3) is 0.167. The van der Waals surface area contributed by atoms with E-state index in [2.05, 4.69) is 9.97 Å². The highest BCUT2D eigenvalue weighted by atomic mass is 19.1. The number of aromatic nitrogens is 2. The van der Waals surface area contributed by atoms with Gasteiger partial charge in [0.25, 0.3) is 5.56 Å². The van der Waals surface area contributed by atoms with E-state index in [0.717, 1.165) is 5.56 Å². The Morgan fingerprint density at radius 1 is 1.35 bits per heavy atom. The van der Waals surface area contributed by atoms with Crippen molar-refractivity contribution < 1.29 is 9.50 Å². The van der Waals surface area contributed by atoms with Gasteiger partial charge in [-0.15, -0.1) is 0 Å². The van der Waals surface area contributed by atoms with Gasteiger partial charge < -0.3 is 10.1 Å². The minimum absolute atomic E-state index is 0.188. The third-order valence-electron chi connectivity index (χ3n) is 2.46. The van der Waals surface area contributed by atoms with E-state index in [9.17, 15) is 14.3 Å². The van der Waals surface area contributed by atoms with Crippen LogP contribution >= 0.6 is 0 Å². The molecule has 0 saturated heterocycles. The van der Waals surface area contributed by atoms with Crippen LogP contribution in [0, 0.1) is 12.7 Å². The first-order valence-electron chi connectivity index (χ1n) is 5.09. The van der Waals surface area contributed by atoms with Crippen LogP contribution in [0.5, 0.6) is 5.88 Å². The van der Waals surface area contributed by atoms with Crippen LogP contribution in [-0.2, 0) is 6.42 Å². The molecule has 0 bridgehead atoms. The first-order valence-corrected chi connectivity index (χ1v) is 5.09. The van der Waals surface area contributed by atoms with Crippen molar-refractivity contribution in [2.24, 2.45) is 0 Å². The van der Waals surface area contributed by atoms with E-state index in [-0.39, 0.29) is 22.8 Å². The van der Waals surface area contributed by atoms with Crippen LogP contribution in [0.2, 0.25) is 0 Å². The van der Waals surface area contributed by atoms with Gasteiger partial charge in [0, 0.05) is 6.42 Å². The lowest BCUT2D eigenvalue weighted by atomic mass is 10.1. The Kier molecular flexibility index (Phi) is 2.91. The number of aromatic amines is 1. The summed E-state index contributed by atoms with van der Waals surface area (Å²) >= 11 is 0. The molecule has 2 N–H and O–H groups in total. The van der Waals surface area contributed by atoms with Crippen molar-refractivity contribution >= 4 is 0 Å². The number of benzene rings is 1. The highest BCUT2D eigenvalue weighted by Crippen LogP contribution is 2.10. The second kappa shape index (κ2) is 4.37. The van der Waals surface area contributed by atoms with Crippen molar-refractivity contribution in [2.75, 3.05) is 0 Å². The Labute approximate surface area is 96.8 Å². The summed E-state index contributed by atoms with van der Waals surface area (Å²) in [5.41, 5.74) is 0.625. The molecule has 0 aliphatic heterocycles. The highest BCUT2D eigenvalue weighted by Gasteiger charge is 2.06. The first-order chi connectivity index (χ1) is 8.06. The lowest BCUT2D eigenvalue weighted by molar-refractivity contribution is 0.443. The molecule has 0 fully saturated rings. The maximum atomic E-state index is 12.7. The Morgan fingerprint density at radius 3 is 2.59 bits per heavy atom. The summed E-state index contributed by atoms with van der Waals surface area (Å²) in [6.45, 7) is 1.49. The van der Waals surface area contributed by atoms with E-state index in [0.29, 0.717) is 12.2 Å². The van der Waals surface area contributed by atoms with Gasteiger partial charge in [-0.05, 0) is 24.6 Å². The normalized spacial score (nSPS) is 10.5. The maximum absolute atomic E-state index is 12.7. The Balaban J connectivity index is 2.30. The lowest BCUT2D eigenvalue weighted by Crippen LogP contribution is -2.14. The molecule has 1 heterocycles. The van der Waals surface area contributed by atoms with Crippen LogP contribution in [-0.4, -0.2) is 15.1 Å². The van der Waals surface area contributed by atoms with Gasteiger partial charge in [0.2, 0.25) is 5.88 Å². The molecule has 2 rings (SSSR count). The molecular formula is C12H11FN2O2.